The van der Waals surface area contributed by atoms with Gasteiger partial charge in [0, 0.05) is 23.3 Å². The molecule has 5 rings (SSSR count). The predicted octanol–water partition coefficient (Wildman–Crippen LogP) is 3.29. The van der Waals surface area contributed by atoms with Crippen molar-refractivity contribution >= 4 is 51.5 Å². The zero-order chi connectivity index (χ0) is 21.4. The highest BCUT2D eigenvalue weighted by Crippen LogP contribution is 2.30. The molecule has 0 amide bonds. The fourth-order valence-corrected chi connectivity index (χ4v) is 3.46. The second kappa shape index (κ2) is 7.52. The van der Waals surface area contributed by atoms with E-state index in [2.05, 4.69) is 24.9 Å². The van der Waals surface area contributed by atoms with Gasteiger partial charge in [-0.05, 0) is 43.3 Å². The van der Waals surface area contributed by atoms with E-state index in [0.717, 1.165) is 16.4 Å². The first-order valence-electron chi connectivity index (χ1n) is 9.68. The number of imidazole rings is 1. The first-order valence-corrected chi connectivity index (χ1v) is 9.68. The maximum Gasteiger partial charge on any atom is 0.326 e. The van der Waals surface area contributed by atoms with Crippen molar-refractivity contribution in [3.63, 3.8) is 0 Å². The Labute approximate surface area is 175 Å². The van der Waals surface area contributed by atoms with Crippen molar-refractivity contribution in [2.24, 2.45) is 10.9 Å². The van der Waals surface area contributed by atoms with Crippen LogP contribution in [0.4, 0.5) is 5.69 Å². The fourth-order valence-electron chi connectivity index (χ4n) is 3.46. The monoisotopic (exact) mass is 415 g/mol. The van der Waals surface area contributed by atoms with Crippen molar-refractivity contribution in [2.75, 3.05) is 6.61 Å². The van der Waals surface area contributed by atoms with Crippen LogP contribution in [0, 0.1) is 5.92 Å². The summed E-state index contributed by atoms with van der Waals surface area (Å²) in [5, 5.41) is 0.828. The lowest BCUT2D eigenvalue weighted by Gasteiger charge is -2.06. The smallest absolute Gasteiger partial charge is 0.326 e. The number of fused-ring (bicyclic) bond motifs is 2. The number of esters is 1. The number of ether oxygens (including phenoxy) is 2. The minimum Gasteiger partial charge on any atom is -0.465 e. The molecule has 4 heterocycles. The van der Waals surface area contributed by atoms with Crippen LogP contribution in [0.25, 0.3) is 28.1 Å². The van der Waals surface area contributed by atoms with Gasteiger partial charge in [-0.2, -0.15) is 0 Å². The Bertz CT molecular complexity index is 1380. The summed E-state index contributed by atoms with van der Waals surface area (Å²) in [5.41, 5.74) is 3.48. The molecule has 9 heteroatoms. The number of benzene rings is 1. The van der Waals surface area contributed by atoms with Gasteiger partial charge >= 0.3 is 5.97 Å². The van der Waals surface area contributed by atoms with Gasteiger partial charge in [-0.15, -0.1) is 0 Å². The van der Waals surface area contributed by atoms with Crippen molar-refractivity contribution in [3.8, 4) is 0 Å². The number of carbonyl (C=O) groups is 2. The highest BCUT2D eigenvalue weighted by atomic mass is 16.5. The van der Waals surface area contributed by atoms with Gasteiger partial charge in [0.05, 0.1) is 29.7 Å². The lowest BCUT2D eigenvalue weighted by Crippen LogP contribution is -2.27. The van der Waals surface area contributed by atoms with E-state index >= 15 is 0 Å². The quantitative estimate of drug-likeness (QED) is 0.300. The lowest BCUT2D eigenvalue weighted by molar-refractivity contribution is -0.147. The third kappa shape index (κ3) is 3.35. The first kappa shape index (κ1) is 18.7. The van der Waals surface area contributed by atoms with Crippen LogP contribution in [0.5, 0.6) is 0 Å². The molecule has 1 aromatic carbocycles. The van der Waals surface area contributed by atoms with Gasteiger partial charge < -0.3 is 19.4 Å². The van der Waals surface area contributed by atoms with Gasteiger partial charge in [0.1, 0.15) is 5.65 Å². The topological polar surface area (TPSA) is 122 Å². The Hall–Kier alpha value is -4.27. The first-order chi connectivity index (χ1) is 15.1. The number of nitrogens with one attached hydrogen (secondary N) is 2. The SMILES string of the molecule is CCOC(=O)C1C(=O)/C(=C/c2c[nH]c3ncccc23)OC1=Nc1ccc2nc[nH]c2c1. The number of aliphatic imine (C=N–C) groups is 1. The summed E-state index contributed by atoms with van der Waals surface area (Å²) in [5.74, 6) is -2.46. The molecule has 1 fully saturated rings. The van der Waals surface area contributed by atoms with Gasteiger partial charge in [0.2, 0.25) is 11.7 Å². The number of ketones is 1. The van der Waals surface area contributed by atoms with E-state index in [1.165, 1.54) is 0 Å². The highest BCUT2D eigenvalue weighted by molar-refractivity contribution is 6.27. The summed E-state index contributed by atoms with van der Waals surface area (Å²) in [6.07, 6.45) is 6.55. The average Bonchev–Trinajstić information content (AvgIpc) is 3.47. The average molecular weight is 415 g/mol. The summed E-state index contributed by atoms with van der Waals surface area (Å²) in [7, 11) is 0. The van der Waals surface area contributed by atoms with Crippen molar-refractivity contribution in [1.29, 1.82) is 0 Å². The molecule has 1 atom stereocenters. The summed E-state index contributed by atoms with van der Waals surface area (Å²) in [6.45, 7) is 1.82. The fraction of sp³-hybridized carbons (Fsp3) is 0.136. The van der Waals surface area contributed by atoms with Crippen molar-refractivity contribution in [2.45, 2.75) is 6.92 Å². The minimum absolute atomic E-state index is 0.0178. The highest BCUT2D eigenvalue weighted by Gasteiger charge is 2.44. The number of rotatable bonds is 4. The standard InChI is InChI=1S/C22H17N5O4/c1-2-30-22(29)18-19(28)17(8-12-10-24-20-14(12)4-3-7-23-20)31-21(18)27-13-5-6-15-16(9-13)26-11-25-15/h3-11,18H,2H2,1H3,(H,23,24)(H,25,26)/b17-8-,27-21?. The molecule has 1 saturated heterocycles. The zero-order valence-electron chi connectivity index (χ0n) is 16.5. The van der Waals surface area contributed by atoms with E-state index < -0.39 is 17.7 Å². The van der Waals surface area contributed by atoms with E-state index in [0.29, 0.717) is 16.9 Å². The van der Waals surface area contributed by atoms with Crippen molar-refractivity contribution in [3.05, 3.63) is 60.4 Å². The van der Waals surface area contributed by atoms with E-state index in [4.69, 9.17) is 9.47 Å². The van der Waals surface area contributed by atoms with E-state index in [1.807, 2.05) is 6.07 Å². The molecule has 2 N–H and O–H groups in total. The van der Waals surface area contributed by atoms with Gasteiger partial charge in [-0.25, -0.2) is 15.0 Å². The summed E-state index contributed by atoms with van der Waals surface area (Å²) in [4.78, 5) is 44.4. The van der Waals surface area contributed by atoms with E-state index in [9.17, 15) is 9.59 Å². The Morgan fingerprint density at radius 1 is 1.29 bits per heavy atom. The van der Waals surface area contributed by atoms with Gasteiger partial charge in [-0.3, -0.25) is 9.59 Å². The van der Waals surface area contributed by atoms with Crippen molar-refractivity contribution < 1.29 is 19.1 Å². The molecule has 1 aliphatic rings. The third-order valence-electron chi connectivity index (χ3n) is 4.90. The number of H-pyrrole nitrogens is 2. The molecule has 3 aromatic heterocycles. The number of Topliss-reactive ketones (excluding diaryl/α,β-unsaturated/α-hetero) is 1. The summed E-state index contributed by atoms with van der Waals surface area (Å²) < 4.78 is 10.9. The van der Waals surface area contributed by atoms with Gasteiger partial charge in [0.25, 0.3) is 0 Å². The van der Waals surface area contributed by atoms with Crippen LogP contribution in [-0.4, -0.2) is 44.2 Å². The minimum atomic E-state index is -1.26. The molecule has 0 spiro atoms. The van der Waals surface area contributed by atoms with Crippen LogP contribution in [0.15, 0.2) is 59.8 Å². The Kier molecular flexibility index (Phi) is 4.55. The van der Waals surface area contributed by atoms with Crippen LogP contribution < -0.4 is 0 Å². The number of aromatic nitrogens is 4. The Morgan fingerprint density at radius 3 is 3.06 bits per heavy atom. The second-order valence-corrected chi connectivity index (χ2v) is 6.86. The number of nitrogens with zero attached hydrogens (tertiary/aromatic N) is 3. The molecule has 154 valence electrons. The van der Waals surface area contributed by atoms with Crippen LogP contribution in [-0.2, 0) is 19.1 Å². The van der Waals surface area contributed by atoms with Crippen LogP contribution >= 0.6 is 0 Å². The number of hydrogen-bond acceptors (Lipinski definition) is 7. The number of allylic oxidation sites excluding steroid dienone is 1. The molecule has 4 aromatic rings. The molecule has 0 radical (unpaired) electrons. The zero-order valence-corrected chi connectivity index (χ0v) is 16.5. The molecular formula is C22H17N5O4. The van der Waals surface area contributed by atoms with Crippen LogP contribution in [0.3, 0.4) is 0 Å². The predicted molar refractivity (Wildman–Crippen MR) is 113 cm³/mol. The Morgan fingerprint density at radius 2 is 2.19 bits per heavy atom. The molecule has 1 unspecified atom stereocenters. The Balaban J connectivity index is 1.56. The maximum absolute atomic E-state index is 13.0. The second-order valence-electron chi connectivity index (χ2n) is 6.86. The molecule has 0 saturated carbocycles. The third-order valence-corrected chi connectivity index (χ3v) is 4.90. The van der Waals surface area contributed by atoms with Crippen molar-refractivity contribution in [1.82, 2.24) is 19.9 Å². The summed E-state index contributed by atoms with van der Waals surface area (Å²) >= 11 is 0. The van der Waals surface area contributed by atoms with E-state index in [-0.39, 0.29) is 18.3 Å². The lowest BCUT2D eigenvalue weighted by atomic mass is 10.0. The summed E-state index contributed by atoms with van der Waals surface area (Å²) in [6, 6.07) is 8.96. The van der Waals surface area contributed by atoms with Gasteiger partial charge in [-0.1, -0.05) is 0 Å². The normalized spacial score (nSPS) is 18.9. The number of pyridine rings is 1. The van der Waals surface area contributed by atoms with Crippen LogP contribution in [0.1, 0.15) is 12.5 Å². The number of hydrogen-bond donors (Lipinski definition) is 2. The van der Waals surface area contributed by atoms with Crippen LogP contribution in [0.2, 0.25) is 0 Å². The number of aromatic amines is 2. The maximum atomic E-state index is 13.0. The largest absolute Gasteiger partial charge is 0.465 e. The molecular weight excluding hydrogens is 398 g/mol. The molecule has 31 heavy (non-hydrogen) atoms. The van der Waals surface area contributed by atoms with Gasteiger partial charge in [0.15, 0.2) is 11.7 Å². The number of carbonyl (C=O) groups excluding carboxylic acids is 2. The molecule has 9 nitrogen and oxygen atoms in total. The molecule has 0 bridgehead atoms. The molecule has 0 aliphatic carbocycles. The van der Waals surface area contributed by atoms with E-state index in [1.54, 1.807) is 56.0 Å². The molecule has 1 aliphatic heterocycles.